The Kier molecular flexibility index (Phi) is 8.84. The van der Waals surface area contributed by atoms with Crippen LogP contribution in [-0.2, 0) is 19.8 Å². The van der Waals surface area contributed by atoms with Crippen molar-refractivity contribution in [1.29, 1.82) is 0 Å². The minimum absolute atomic E-state index is 0.211. The second-order valence-electron chi connectivity index (χ2n) is 4.06. The molecule has 0 fully saturated rings. The van der Waals surface area contributed by atoms with Crippen LogP contribution < -0.4 is 0 Å². The Morgan fingerprint density at radius 1 is 1.10 bits per heavy atom. The number of hydrogen-bond donors (Lipinski definition) is 1. The van der Waals surface area contributed by atoms with Gasteiger partial charge in [0, 0.05) is 20.0 Å². The lowest BCUT2D eigenvalue weighted by atomic mass is 10.1. The first-order valence-electron chi connectivity index (χ1n) is 6.72. The van der Waals surface area contributed by atoms with E-state index in [0.717, 1.165) is 4.31 Å². The van der Waals surface area contributed by atoms with Crippen molar-refractivity contribution in [2.24, 2.45) is 0 Å². The monoisotopic (exact) mass is 317 g/mol. The summed E-state index contributed by atoms with van der Waals surface area (Å²) in [7, 11) is -3.93. The zero-order chi connectivity index (χ0) is 16.5. The van der Waals surface area contributed by atoms with Crippen LogP contribution in [0.25, 0.3) is 0 Å². The van der Waals surface area contributed by atoms with Crippen LogP contribution >= 0.6 is 0 Å². The molecule has 0 heterocycles. The van der Waals surface area contributed by atoms with Crippen molar-refractivity contribution in [3.05, 3.63) is 34.7 Å². The maximum atomic E-state index is 10.3. The lowest BCUT2D eigenvalue weighted by Crippen LogP contribution is -2.29. The fourth-order valence-electron chi connectivity index (χ4n) is 1.42. The number of carbonyl (C=O) groups excluding carboxylic acids is 1. The summed E-state index contributed by atoms with van der Waals surface area (Å²) in [6, 6.07) is 8.48. The highest BCUT2D eigenvalue weighted by Crippen LogP contribution is 2.04. The first kappa shape index (κ1) is 19.6. The van der Waals surface area contributed by atoms with Crippen molar-refractivity contribution < 1.29 is 22.5 Å². The zero-order valence-electron chi connectivity index (χ0n) is 12.9. The average molecular weight is 317 g/mol. The molecule has 2 aliphatic carbocycles. The van der Waals surface area contributed by atoms with Crippen LogP contribution in [0.3, 0.4) is 0 Å². The predicted molar refractivity (Wildman–Crippen MR) is 80.9 cm³/mol. The highest BCUT2D eigenvalue weighted by Gasteiger charge is 2.12. The molecule has 7 heteroatoms. The van der Waals surface area contributed by atoms with E-state index in [-0.39, 0.29) is 5.97 Å². The van der Waals surface area contributed by atoms with Gasteiger partial charge in [-0.05, 0) is 17.4 Å². The molecule has 0 spiro atoms. The minimum Gasteiger partial charge on any atom is -0.466 e. The predicted octanol–water partition coefficient (Wildman–Crippen LogP) is 1.99. The Bertz CT molecular complexity index is 573. The molecule has 2 aliphatic rings. The van der Waals surface area contributed by atoms with E-state index in [1.807, 2.05) is 0 Å². The van der Waals surface area contributed by atoms with Crippen molar-refractivity contribution in [2.45, 2.75) is 27.7 Å². The second kappa shape index (κ2) is 9.49. The van der Waals surface area contributed by atoms with E-state index in [2.05, 4.69) is 29.0 Å². The summed E-state index contributed by atoms with van der Waals surface area (Å²) < 4.78 is 34.3. The summed E-state index contributed by atoms with van der Waals surface area (Å²) in [6.45, 7) is 7.61. The molecule has 21 heavy (non-hydrogen) atoms. The summed E-state index contributed by atoms with van der Waals surface area (Å²) >= 11 is 0. The van der Waals surface area contributed by atoms with Gasteiger partial charge in [0.05, 0.1) is 6.61 Å². The highest BCUT2D eigenvalue weighted by molar-refractivity contribution is 7.83. The number of nitrogens with zero attached hydrogens (tertiary/aromatic N) is 1. The third-order valence-corrected chi connectivity index (χ3v) is 3.77. The normalized spacial score (nSPS) is 10.8. The second-order valence-corrected chi connectivity index (χ2v) is 5.48. The van der Waals surface area contributed by atoms with Gasteiger partial charge in [0.2, 0.25) is 0 Å². The van der Waals surface area contributed by atoms with Gasteiger partial charge >= 0.3 is 16.3 Å². The van der Waals surface area contributed by atoms with E-state index in [0.29, 0.717) is 19.7 Å². The molecule has 0 aromatic carbocycles. The van der Waals surface area contributed by atoms with Crippen molar-refractivity contribution in [1.82, 2.24) is 4.31 Å². The number of carbonyl (C=O) groups is 1. The molecule has 0 atom stereocenters. The average Bonchev–Trinajstić information content (AvgIpc) is 2.35. The lowest BCUT2D eigenvalue weighted by Gasteiger charge is -2.11. The fraction of sp³-hybridized carbons (Fsp3) is 0.500. The van der Waals surface area contributed by atoms with Gasteiger partial charge in [-0.25, -0.2) is 0 Å². The Balaban J connectivity index is 0.000000293. The lowest BCUT2D eigenvalue weighted by molar-refractivity contribution is -0.140. The van der Waals surface area contributed by atoms with Crippen LogP contribution in [0, 0.1) is 10.4 Å². The molecular weight excluding hydrogens is 294 g/mol. The van der Waals surface area contributed by atoms with Crippen LogP contribution in [0.2, 0.25) is 0 Å². The van der Waals surface area contributed by atoms with Gasteiger partial charge in [0.15, 0.2) is 0 Å². The molecule has 0 aromatic heterocycles. The number of ether oxygens (including phenoxy) is 1. The van der Waals surface area contributed by atoms with Crippen LogP contribution in [0.15, 0.2) is 24.3 Å². The van der Waals surface area contributed by atoms with Crippen LogP contribution in [0.1, 0.15) is 27.7 Å². The quantitative estimate of drug-likeness (QED) is 0.688. The molecule has 0 saturated carbocycles. The summed E-state index contributed by atoms with van der Waals surface area (Å²) in [5, 5.41) is 2.85. The molecule has 6 nitrogen and oxygen atoms in total. The Morgan fingerprint density at radius 2 is 1.48 bits per heavy atom. The summed E-state index contributed by atoms with van der Waals surface area (Å²) in [6.07, 6.45) is 0. The van der Waals surface area contributed by atoms with E-state index >= 15 is 0 Å². The van der Waals surface area contributed by atoms with E-state index < -0.39 is 10.3 Å². The molecule has 0 aromatic rings. The van der Waals surface area contributed by atoms with Crippen LogP contribution in [-0.4, -0.2) is 42.9 Å². The third kappa shape index (κ3) is 7.79. The summed E-state index contributed by atoms with van der Waals surface area (Å²) in [4.78, 5) is 9.82. The van der Waals surface area contributed by atoms with Crippen molar-refractivity contribution >= 4 is 16.3 Å². The molecule has 2 rings (SSSR count). The van der Waals surface area contributed by atoms with Gasteiger partial charge in [-0.15, -0.1) is 0 Å². The molecule has 0 aliphatic heterocycles. The number of benzene rings is 1. The number of rotatable bonds is 4. The Morgan fingerprint density at radius 3 is 1.48 bits per heavy atom. The van der Waals surface area contributed by atoms with Gasteiger partial charge < -0.3 is 4.74 Å². The summed E-state index contributed by atoms with van der Waals surface area (Å²) in [5.41, 5.74) is 0. The Hall–Kier alpha value is -1.44. The fourth-order valence-corrected chi connectivity index (χ4v) is 2.07. The Labute approximate surface area is 125 Å². The van der Waals surface area contributed by atoms with Crippen molar-refractivity contribution in [3.8, 4) is 0 Å². The molecule has 0 unspecified atom stereocenters. The SMILES string of the molecule is CCN(CC)S(=O)(=O)O.CCOC(C)=O.c1cc2ccc1=2. The number of esters is 1. The van der Waals surface area contributed by atoms with Crippen molar-refractivity contribution in [3.63, 3.8) is 0 Å². The topological polar surface area (TPSA) is 83.9 Å². The smallest absolute Gasteiger partial charge is 0.335 e. The first-order valence-corrected chi connectivity index (χ1v) is 8.12. The van der Waals surface area contributed by atoms with Gasteiger partial charge in [0.25, 0.3) is 0 Å². The molecule has 0 saturated heterocycles. The first-order chi connectivity index (χ1) is 9.76. The largest absolute Gasteiger partial charge is 0.466 e. The minimum atomic E-state index is -3.93. The number of hydrogen-bond acceptors (Lipinski definition) is 4. The molecule has 1 N–H and O–H groups in total. The van der Waals surface area contributed by atoms with Gasteiger partial charge in [-0.1, -0.05) is 38.1 Å². The summed E-state index contributed by atoms with van der Waals surface area (Å²) in [5.74, 6) is -0.211. The van der Waals surface area contributed by atoms with Gasteiger partial charge in [-0.3, -0.25) is 9.35 Å². The highest BCUT2D eigenvalue weighted by atomic mass is 32.2. The molecule has 0 radical (unpaired) electrons. The maximum Gasteiger partial charge on any atom is 0.335 e. The van der Waals surface area contributed by atoms with Crippen LogP contribution in [0.4, 0.5) is 0 Å². The van der Waals surface area contributed by atoms with Gasteiger partial charge in [-0.2, -0.15) is 12.7 Å². The molecular formula is C14H23NO5S. The van der Waals surface area contributed by atoms with Crippen LogP contribution in [0.5, 0.6) is 0 Å². The standard InChI is InChI=1S/C6H4.C4H11NO3S.C4H8O2/c1-2-6-4-3-5(1)6;1-3-5(4-2)9(6,7)8;1-3-6-4(2)5/h1-4H;3-4H2,1-2H3,(H,6,7,8);3H2,1-2H3. The molecule has 0 bridgehead atoms. The van der Waals surface area contributed by atoms with E-state index in [1.165, 1.54) is 17.4 Å². The van der Waals surface area contributed by atoms with Gasteiger partial charge in [0.1, 0.15) is 0 Å². The zero-order valence-corrected chi connectivity index (χ0v) is 13.7. The van der Waals surface area contributed by atoms with E-state index in [1.54, 1.807) is 20.8 Å². The molecule has 0 amide bonds. The van der Waals surface area contributed by atoms with E-state index in [4.69, 9.17) is 4.55 Å². The third-order valence-electron chi connectivity index (χ3n) is 2.60. The maximum absolute atomic E-state index is 10.3. The van der Waals surface area contributed by atoms with E-state index in [9.17, 15) is 13.2 Å². The molecule has 120 valence electrons. The van der Waals surface area contributed by atoms with Crippen molar-refractivity contribution in [2.75, 3.05) is 19.7 Å².